The highest BCUT2D eigenvalue weighted by Crippen LogP contribution is 2.29. The molecule has 0 spiro atoms. The van der Waals surface area contributed by atoms with Gasteiger partial charge in [0.15, 0.2) is 0 Å². The lowest BCUT2D eigenvalue weighted by Crippen LogP contribution is -2.44. The van der Waals surface area contributed by atoms with Gasteiger partial charge in [-0.15, -0.1) is 0 Å². The molecule has 1 aliphatic rings. The van der Waals surface area contributed by atoms with Crippen molar-refractivity contribution in [3.8, 4) is 0 Å². The van der Waals surface area contributed by atoms with Crippen LogP contribution in [0.15, 0.2) is 45.9 Å². The Morgan fingerprint density at radius 3 is 2.54 bits per heavy atom. The van der Waals surface area contributed by atoms with Crippen LogP contribution in [0.3, 0.4) is 0 Å². The fourth-order valence-electron chi connectivity index (χ4n) is 2.37. The molecule has 1 atom stereocenters. The largest absolute Gasteiger partial charge is 0.336 e. The fourth-order valence-corrected chi connectivity index (χ4v) is 2.63. The third-order valence-electron chi connectivity index (χ3n) is 3.91. The molecule has 5 nitrogen and oxygen atoms in total. The predicted octanol–water partition coefficient (Wildman–Crippen LogP) is 3.52. The molecular formula is C18H16BrN3O2. The molecule has 0 aliphatic carbocycles. The smallest absolute Gasteiger partial charge is 0.252 e. The van der Waals surface area contributed by atoms with Gasteiger partial charge < -0.3 is 10.6 Å². The first-order chi connectivity index (χ1) is 11.4. The van der Waals surface area contributed by atoms with Crippen molar-refractivity contribution >= 4 is 45.3 Å². The van der Waals surface area contributed by atoms with Crippen LogP contribution in [0.2, 0.25) is 0 Å². The number of nitrogens with one attached hydrogen (secondary N) is 2. The van der Waals surface area contributed by atoms with Gasteiger partial charge >= 0.3 is 0 Å². The van der Waals surface area contributed by atoms with Gasteiger partial charge in [-0.3, -0.25) is 14.6 Å². The van der Waals surface area contributed by atoms with Gasteiger partial charge in [-0.1, -0.05) is 15.9 Å². The van der Waals surface area contributed by atoms with E-state index in [0.29, 0.717) is 16.9 Å². The molecule has 0 fully saturated rings. The summed E-state index contributed by atoms with van der Waals surface area (Å²) in [4.78, 5) is 29.0. The Bertz CT molecular complexity index is 844. The number of fused-ring (bicyclic) bond motifs is 1. The van der Waals surface area contributed by atoms with E-state index in [1.165, 1.54) is 6.21 Å². The number of hydrogen-bond acceptors (Lipinski definition) is 3. The Labute approximate surface area is 148 Å². The second kappa shape index (κ2) is 6.57. The number of benzene rings is 2. The van der Waals surface area contributed by atoms with Gasteiger partial charge in [0.2, 0.25) is 0 Å². The molecule has 0 bridgehead atoms. The molecule has 3 rings (SSSR count). The number of nitrogens with zero attached hydrogens (tertiary/aromatic N) is 1. The van der Waals surface area contributed by atoms with Crippen molar-refractivity contribution in [3.05, 3.63) is 57.6 Å². The van der Waals surface area contributed by atoms with Crippen LogP contribution in [0.4, 0.5) is 11.4 Å². The molecular weight excluding hydrogens is 370 g/mol. The van der Waals surface area contributed by atoms with Crippen molar-refractivity contribution in [2.45, 2.75) is 19.9 Å². The summed E-state index contributed by atoms with van der Waals surface area (Å²) in [5.41, 5.74) is 3.98. The van der Waals surface area contributed by atoms with Crippen molar-refractivity contribution in [1.82, 2.24) is 5.32 Å². The van der Waals surface area contributed by atoms with Gasteiger partial charge in [0.25, 0.3) is 11.8 Å². The standard InChI is InChI=1S/C18H16BrN3O2/c1-10-7-14-15(8-11(10)2)21-18(24)16(9-20-14)22-17(23)12-3-5-13(19)6-4-12/h3-9,16H,1-2H3,(H,21,24)(H,22,23)/t16-/m1/s1. The van der Waals surface area contributed by atoms with Crippen molar-refractivity contribution in [3.63, 3.8) is 0 Å². The molecule has 0 aromatic heterocycles. The van der Waals surface area contributed by atoms with Crippen LogP contribution in [-0.4, -0.2) is 24.1 Å². The SMILES string of the molecule is Cc1cc2c(cc1C)NC(=O)[C@H](NC(=O)c1ccc(Br)cc1)C=N2. The number of hydrogen-bond donors (Lipinski definition) is 2. The topological polar surface area (TPSA) is 70.6 Å². The van der Waals surface area contributed by atoms with E-state index >= 15 is 0 Å². The van der Waals surface area contributed by atoms with Crippen LogP contribution in [0.25, 0.3) is 0 Å². The second-order valence-electron chi connectivity index (χ2n) is 5.68. The Hall–Kier alpha value is -2.47. The highest BCUT2D eigenvalue weighted by molar-refractivity contribution is 9.10. The summed E-state index contributed by atoms with van der Waals surface area (Å²) in [7, 11) is 0. The minimum absolute atomic E-state index is 0.314. The van der Waals surface area contributed by atoms with Gasteiger partial charge in [0.1, 0.15) is 6.04 Å². The average Bonchev–Trinajstić information content (AvgIpc) is 2.68. The summed E-state index contributed by atoms with van der Waals surface area (Å²) in [5.74, 6) is -0.640. The number of halogens is 1. The van der Waals surface area contributed by atoms with Crippen molar-refractivity contribution in [2.75, 3.05) is 5.32 Å². The highest BCUT2D eigenvalue weighted by atomic mass is 79.9. The minimum atomic E-state index is -0.825. The normalized spacial score (nSPS) is 16.1. The fraction of sp³-hybridized carbons (Fsp3) is 0.167. The van der Waals surface area contributed by atoms with Crippen LogP contribution in [0.1, 0.15) is 21.5 Å². The van der Waals surface area contributed by atoms with E-state index in [2.05, 4.69) is 31.6 Å². The first-order valence-electron chi connectivity index (χ1n) is 7.47. The van der Waals surface area contributed by atoms with E-state index in [4.69, 9.17) is 0 Å². The molecule has 0 saturated carbocycles. The summed E-state index contributed by atoms with van der Waals surface area (Å²) in [6, 6.07) is 9.90. The Morgan fingerprint density at radius 2 is 1.83 bits per heavy atom. The van der Waals surface area contributed by atoms with Gasteiger partial charge in [-0.25, -0.2) is 0 Å². The zero-order valence-electron chi connectivity index (χ0n) is 13.3. The molecule has 1 aliphatic heterocycles. The molecule has 0 radical (unpaired) electrons. The van der Waals surface area contributed by atoms with E-state index in [9.17, 15) is 9.59 Å². The van der Waals surface area contributed by atoms with E-state index in [1.807, 2.05) is 26.0 Å². The Kier molecular flexibility index (Phi) is 4.49. The van der Waals surface area contributed by atoms with E-state index in [0.717, 1.165) is 15.6 Å². The first-order valence-corrected chi connectivity index (χ1v) is 8.26. The molecule has 1 heterocycles. The number of aryl methyl sites for hydroxylation is 2. The zero-order valence-corrected chi connectivity index (χ0v) is 14.8. The summed E-state index contributed by atoms with van der Waals surface area (Å²) in [5, 5.41) is 5.51. The maximum absolute atomic E-state index is 12.4. The lowest BCUT2D eigenvalue weighted by atomic mass is 10.1. The summed E-state index contributed by atoms with van der Waals surface area (Å²) >= 11 is 3.32. The van der Waals surface area contributed by atoms with Gasteiger partial charge in [-0.05, 0) is 61.4 Å². The lowest BCUT2D eigenvalue weighted by Gasteiger charge is -2.13. The maximum Gasteiger partial charge on any atom is 0.252 e. The van der Waals surface area contributed by atoms with Crippen LogP contribution in [0.5, 0.6) is 0 Å². The number of anilines is 1. The van der Waals surface area contributed by atoms with Gasteiger partial charge in [0.05, 0.1) is 11.4 Å². The molecule has 2 N–H and O–H groups in total. The second-order valence-corrected chi connectivity index (χ2v) is 6.59. The molecule has 6 heteroatoms. The molecule has 24 heavy (non-hydrogen) atoms. The number of rotatable bonds is 2. The summed E-state index contributed by atoms with van der Waals surface area (Å²) in [6.45, 7) is 3.97. The lowest BCUT2D eigenvalue weighted by molar-refractivity contribution is -0.116. The average molecular weight is 386 g/mol. The van der Waals surface area contributed by atoms with Gasteiger partial charge in [0, 0.05) is 16.3 Å². The third kappa shape index (κ3) is 3.38. The third-order valence-corrected chi connectivity index (χ3v) is 4.44. The van der Waals surface area contributed by atoms with E-state index in [1.54, 1.807) is 24.3 Å². The minimum Gasteiger partial charge on any atom is -0.336 e. The monoisotopic (exact) mass is 385 g/mol. The quantitative estimate of drug-likeness (QED) is 0.829. The molecule has 2 aromatic rings. The number of aliphatic imine (C=N–C) groups is 1. The molecule has 2 aromatic carbocycles. The van der Waals surface area contributed by atoms with E-state index in [-0.39, 0.29) is 11.8 Å². The molecule has 0 unspecified atom stereocenters. The summed E-state index contributed by atoms with van der Waals surface area (Å²) in [6.07, 6.45) is 1.46. The van der Waals surface area contributed by atoms with Crippen LogP contribution < -0.4 is 10.6 Å². The Balaban J connectivity index is 1.81. The van der Waals surface area contributed by atoms with Crippen molar-refractivity contribution < 1.29 is 9.59 Å². The number of carbonyl (C=O) groups is 2. The molecule has 2 amide bonds. The molecule has 0 saturated heterocycles. The first kappa shape index (κ1) is 16.4. The van der Waals surface area contributed by atoms with Crippen LogP contribution >= 0.6 is 15.9 Å². The van der Waals surface area contributed by atoms with E-state index < -0.39 is 6.04 Å². The Morgan fingerprint density at radius 1 is 1.17 bits per heavy atom. The van der Waals surface area contributed by atoms with Crippen LogP contribution in [-0.2, 0) is 4.79 Å². The number of amides is 2. The highest BCUT2D eigenvalue weighted by Gasteiger charge is 2.23. The summed E-state index contributed by atoms with van der Waals surface area (Å²) < 4.78 is 0.883. The number of carbonyl (C=O) groups excluding carboxylic acids is 2. The van der Waals surface area contributed by atoms with Gasteiger partial charge in [-0.2, -0.15) is 0 Å². The maximum atomic E-state index is 12.4. The molecule has 122 valence electrons. The van der Waals surface area contributed by atoms with Crippen LogP contribution in [0, 0.1) is 13.8 Å². The van der Waals surface area contributed by atoms with Crippen molar-refractivity contribution in [1.29, 1.82) is 0 Å². The zero-order chi connectivity index (χ0) is 17.3. The predicted molar refractivity (Wildman–Crippen MR) is 98.1 cm³/mol. The van der Waals surface area contributed by atoms with Crippen molar-refractivity contribution in [2.24, 2.45) is 4.99 Å².